The van der Waals surface area contributed by atoms with Crippen molar-refractivity contribution >= 4 is 17.6 Å². The van der Waals surface area contributed by atoms with Gasteiger partial charge < -0.3 is 24.0 Å². The molecule has 1 aromatic carbocycles. The van der Waals surface area contributed by atoms with Crippen molar-refractivity contribution in [1.82, 2.24) is 19.2 Å². The van der Waals surface area contributed by atoms with Crippen LogP contribution in [0.3, 0.4) is 0 Å². The number of pyridine rings is 1. The molecule has 0 aliphatic carbocycles. The smallest absolute Gasteiger partial charge is 0.410 e. The van der Waals surface area contributed by atoms with Gasteiger partial charge in [0.1, 0.15) is 22.7 Å². The zero-order valence-corrected chi connectivity index (χ0v) is 23.6. The fraction of sp³-hybridized carbons (Fsp3) is 0.483. The number of hydrogen-bond donors (Lipinski definition) is 0. The first-order valence-electron chi connectivity index (χ1n) is 13.3. The molecule has 3 aromatic rings. The number of rotatable bonds is 7. The summed E-state index contributed by atoms with van der Waals surface area (Å²) in [6, 6.07) is 7.02. The van der Waals surface area contributed by atoms with Gasteiger partial charge in [0.25, 0.3) is 12.3 Å². The van der Waals surface area contributed by atoms with Crippen LogP contribution in [0.2, 0.25) is 0 Å². The van der Waals surface area contributed by atoms with Crippen molar-refractivity contribution in [3.05, 3.63) is 47.8 Å². The molecule has 2 aliphatic rings. The molecule has 0 spiro atoms. The van der Waals surface area contributed by atoms with E-state index in [4.69, 9.17) is 14.2 Å². The fourth-order valence-electron chi connectivity index (χ4n) is 5.22. The largest absolute Gasteiger partial charge is 0.496 e. The van der Waals surface area contributed by atoms with E-state index in [1.54, 1.807) is 29.3 Å². The van der Waals surface area contributed by atoms with Crippen LogP contribution in [0.4, 0.5) is 18.0 Å². The highest BCUT2D eigenvalue weighted by molar-refractivity contribution is 6.00. The number of imidazole rings is 1. The Morgan fingerprint density at radius 1 is 1.17 bits per heavy atom. The SMILES string of the molecule is COc1cc(-c2cnc3cc(OCC4(C)CN(C(=O)OC(C)(C)C)C4)ccn23)cc2c1C(=O)N(C(F)C(F)F)CC2. The number of aromatic nitrogens is 2. The van der Waals surface area contributed by atoms with Gasteiger partial charge in [-0.1, -0.05) is 6.92 Å². The number of hydrogen-bond acceptors (Lipinski definition) is 6. The Kier molecular flexibility index (Phi) is 7.29. The third-order valence-electron chi connectivity index (χ3n) is 7.17. The number of halogens is 3. The molecule has 1 unspecified atom stereocenters. The molecule has 2 aromatic heterocycles. The maximum absolute atomic E-state index is 14.0. The Morgan fingerprint density at radius 3 is 2.56 bits per heavy atom. The van der Waals surface area contributed by atoms with Gasteiger partial charge in [0, 0.05) is 42.9 Å². The molecule has 2 amide bonds. The quantitative estimate of drug-likeness (QED) is 0.361. The van der Waals surface area contributed by atoms with E-state index in [1.165, 1.54) is 7.11 Å². The topological polar surface area (TPSA) is 85.6 Å². The summed E-state index contributed by atoms with van der Waals surface area (Å²) in [6.45, 7) is 8.87. The van der Waals surface area contributed by atoms with Crippen LogP contribution in [0.5, 0.6) is 11.5 Å². The highest BCUT2D eigenvalue weighted by Gasteiger charge is 2.43. The van der Waals surface area contributed by atoms with Crippen molar-refractivity contribution in [2.24, 2.45) is 5.41 Å². The normalized spacial score (nSPS) is 17.3. The minimum absolute atomic E-state index is 0.0880. The zero-order valence-electron chi connectivity index (χ0n) is 23.6. The number of likely N-dealkylation sites (tertiary alicyclic amines) is 1. The highest BCUT2D eigenvalue weighted by atomic mass is 19.3. The summed E-state index contributed by atoms with van der Waals surface area (Å²) in [5.41, 5.74) is 1.98. The Balaban J connectivity index is 1.30. The number of ether oxygens (including phenoxy) is 3. The molecule has 1 saturated heterocycles. The van der Waals surface area contributed by atoms with Crippen molar-refractivity contribution in [2.45, 2.75) is 52.4 Å². The first-order chi connectivity index (χ1) is 19.3. The Bertz CT molecular complexity index is 1460. The van der Waals surface area contributed by atoms with Crippen LogP contribution in [-0.2, 0) is 11.2 Å². The third kappa shape index (κ3) is 5.64. The van der Waals surface area contributed by atoms with Gasteiger partial charge in [-0.25, -0.2) is 22.9 Å². The average molecular weight is 575 g/mol. The molecule has 12 heteroatoms. The second-order valence-corrected chi connectivity index (χ2v) is 11.8. The maximum atomic E-state index is 14.0. The molecule has 0 N–H and O–H groups in total. The van der Waals surface area contributed by atoms with Gasteiger partial charge in [0.15, 0.2) is 0 Å². The van der Waals surface area contributed by atoms with Gasteiger partial charge in [-0.2, -0.15) is 0 Å². The number of carbonyl (C=O) groups is 2. The number of nitrogens with zero attached hydrogens (tertiary/aromatic N) is 4. The van der Waals surface area contributed by atoms with Gasteiger partial charge >= 0.3 is 6.09 Å². The minimum Gasteiger partial charge on any atom is -0.496 e. The second-order valence-electron chi connectivity index (χ2n) is 11.8. The van der Waals surface area contributed by atoms with Crippen molar-refractivity contribution in [2.75, 3.05) is 33.4 Å². The number of carbonyl (C=O) groups excluding carboxylic acids is 2. The van der Waals surface area contributed by atoms with Gasteiger partial charge in [-0.05, 0) is 51.0 Å². The molecule has 1 fully saturated rings. The van der Waals surface area contributed by atoms with E-state index in [2.05, 4.69) is 11.9 Å². The molecule has 2 aliphatic heterocycles. The average Bonchev–Trinajstić information content (AvgIpc) is 3.31. The molecular formula is C29H33F3N4O5. The molecule has 9 nitrogen and oxygen atoms in total. The molecule has 4 heterocycles. The fourth-order valence-corrected chi connectivity index (χ4v) is 5.22. The summed E-state index contributed by atoms with van der Waals surface area (Å²) in [7, 11) is 1.37. The summed E-state index contributed by atoms with van der Waals surface area (Å²) in [6.07, 6.45) is -2.60. The molecule has 41 heavy (non-hydrogen) atoms. The summed E-state index contributed by atoms with van der Waals surface area (Å²) < 4.78 is 58.7. The number of amides is 2. The van der Waals surface area contributed by atoms with E-state index in [0.717, 1.165) is 5.69 Å². The second kappa shape index (κ2) is 10.5. The lowest BCUT2D eigenvalue weighted by molar-refractivity contribution is -0.0428. The maximum Gasteiger partial charge on any atom is 0.410 e. The van der Waals surface area contributed by atoms with Crippen LogP contribution < -0.4 is 9.47 Å². The van der Waals surface area contributed by atoms with Crippen molar-refractivity contribution in [1.29, 1.82) is 0 Å². The number of benzene rings is 1. The Labute approximate surface area is 235 Å². The predicted octanol–water partition coefficient (Wildman–Crippen LogP) is 5.20. The van der Waals surface area contributed by atoms with E-state index >= 15 is 0 Å². The van der Waals surface area contributed by atoms with Crippen molar-refractivity contribution in [3.63, 3.8) is 0 Å². The number of methoxy groups -OCH3 is 1. The third-order valence-corrected chi connectivity index (χ3v) is 7.17. The summed E-state index contributed by atoms with van der Waals surface area (Å²) in [5.74, 6) is -0.0189. The van der Waals surface area contributed by atoms with Crippen LogP contribution in [-0.4, -0.2) is 82.9 Å². The van der Waals surface area contributed by atoms with Crippen LogP contribution >= 0.6 is 0 Å². The Morgan fingerprint density at radius 2 is 1.90 bits per heavy atom. The summed E-state index contributed by atoms with van der Waals surface area (Å²) >= 11 is 0. The molecule has 0 saturated carbocycles. The molecule has 1 atom stereocenters. The molecule has 220 valence electrons. The van der Waals surface area contributed by atoms with Crippen LogP contribution in [0, 0.1) is 5.41 Å². The molecule has 5 rings (SSSR count). The van der Waals surface area contributed by atoms with Gasteiger partial charge in [0.2, 0.25) is 6.30 Å². The molecule has 0 bridgehead atoms. The first-order valence-corrected chi connectivity index (χ1v) is 13.3. The van der Waals surface area contributed by atoms with Crippen LogP contribution in [0.15, 0.2) is 36.7 Å². The summed E-state index contributed by atoms with van der Waals surface area (Å²) in [4.78, 5) is 31.8. The lowest BCUT2D eigenvalue weighted by Crippen LogP contribution is -2.60. The Hall–Kier alpha value is -3.96. The molecular weight excluding hydrogens is 541 g/mol. The lowest BCUT2D eigenvalue weighted by atomic mass is 9.83. The molecule has 0 radical (unpaired) electrons. The van der Waals surface area contributed by atoms with Gasteiger partial charge in [0.05, 0.1) is 31.2 Å². The van der Waals surface area contributed by atoms with Crippen LogP contribution in [0.25, 0.3) is 16.9 Å². The van der Waals surface area contributed by atoms with E-state index < -0.39 is 24.2 Å². The lowest BCUT2D eigenvalue weighted by Gasteiger charge is -2.47. The summed E-state index contributed by atoms with van der Waals surface area (Å²) in [5, 5.41) is 0. The predicted molar refractivity (Wildman–Crippen MR) is 144 cm³/mol. The minimum atomic E-state index is -3.29. The highest BCUT2D eigenvalue weighted by Crippen LogP contribution is 2.36. The van der Waals surface area contributed by atoms with E-state index in [9.17, 15) is 22.8 Å². The van der Waals surface area contributed by atoms with Gasteiger partial charge in [-0.15, -0.1) is 0 Å². The van der Waals surface area contributed by atoms with E-state index in [-0.39, 0.29) is 35.8 Å². The van der Waals surface area contributed by atoms with Crippen molar-refractivity contribution in [3.8, 4) is 22.8 Å². The van der Waals surface area contributed by atoms with Crippen molar-refractivity contribution < 1.29 is 37.0 Å². The number of alkyl halides is 3. The van der Waals surface area contributed by atoms with E-state index in [1.807, 2.05) is 37.4 Å². The monoisotopic (exact) mass is 574 g/mol. The standard InChI is InChI=1S/C29H33F3N4O5/c1-28(2,3)41-27(38)34-14-29(4,15-34)16-40-19-7-9-35-20(13-33-22(35)12-19)18-10-17-6-8-36(25(32)24(30)31)26(37)23(17)21(11-18)39-5/h7,9-13,24-25H,6,8,14-16H2,1-5H3. The number of fused-ring (bicyclic) bond motifs is 2. The first kappa shape index (κ1) is 28.6. The van der Waals surface area contributed by atoms with Crippen LogP contribution in [0.1, 0.15) is 43.6 Å². The zero-order chi connectivity index (χ0) is 29.7. The van der Waals surface area contributed by atoms with E-state index in [0.29, 0.717) is 47.1 Å². The van der Waals surface area contributed by atoms with Gasteiger partial charge in [-0.3, -0.25) is 9.20 Å².